The van der Waals surface area contributed by atoms with E-state index in [0.717, 1.165) is 5.56 Å². The van der Waals surface area contributed by atoms with Crippen LogP contribution in [0.2, 0.25) is 0 Å². The Morgan fingerprint density at radius 3 is 2.55 bits per heavy atom. The van der Waals surface area contributed by atoms with Gasteiger partial charge in [-0.05, 0) is 6.07 Å². The number of terminal acetylenes is 1. The predicted molar refractivity (Wildman–Crippen MR) is 73.9 cm³/mol. The maximum absolute atomic E-state index is 12.1. The van der Waals surface area contributed by atoms with Crippen LogP contribution in [0.5, 0.6) is 0 Å². The van der Waals surface area contributed by atoms with Crippen LogP contribution in [0, 0.1) is 12.3 Å². The third kappa shape index (κ3) is 1.78. The summed E-state index contributed by atoms with van der Waals surface area (Å²) < 4.78 is 11.3. The number of hydrogen-bond acceptors (Lipinski definition) is 3. The van der Waals surface area contributed by atoms with Crippen LogP contribution < -0.4 is 0 Å². The van der Waals surface area contributed by atoms with E-state index in [-0.39, 0.29) is 6.61 Å². The zero-order chi connectivity index (χ0) is 14.0. The van der Waals surface area contributed by atoms with E-state index in [1.54, 1.807) is 12.1 Å². The van der Waals surface area contributed by atoms with Crippen molar-refractivity contribution in [1.29, 1.82) is 0 Å². The standard InChI is InChI=1S/C17H12O3/c1-2-12-19-17(13-8-4-3-5-9-13)15-11-7-6-10-14(15)16(18)20-17/h1,3-11H,12H2/t17-/m0/s1. The molecule has 0 N–H and O–H groups in total. The van der Waals surface area contributed by atoms with E-state index >= 15 is 0 Å². The second kappa shape index (κ2) is 4.84. The molecule has 1 aliphatic rings. The Labute approximate surface area is 117 Å². The van der Waals surface area contributed by atoms with Crippen LogP contribution in [0.15, 0.2) is 54.6 Å². The van der Waals surface area contributed by atoms with Crippen molar-refractivity contribution in [1.82, 2.24) is 0 Å². The minimum absolute atomic E-state index is 0.0521. The average Bonchev–Trinajstić information content (AvgIpc) is 2.80. The highest BCUT2D eigenvalue weighted by Crippen LogP contribution is 2.42. The molecule has 0 aromatic heterocycles. The lowest BCUT2D eigenvalue weighted by molar-refractivity contribution is -0.165. The lowest BCUT2D eigenvalue weighted by Gasteiger charge is -2.28. The maximum Gasteiger partial charge on any atom is 0.341 e. The van der Waals surface area contributed by atoms with Crippen LogP contribution >= 0.6 is 0 Å². The second-order valence-corrected chi connectivity index (χ2v) is 4.41. The van der Waals surface area contributed by atoms with Crippen molar-refractivity contribution in [2.24, 2.45) is 0 Å². The number of carbonyl (C=O) groups excluding carboxylic acids is 1. The topological polar surface area (TPSA) is 35.5 Å². The normalized spacial score (nSPS) is 20.1. The highest BCUT2D eigenvalue weighted by Gasteiger charge is 2.48. The van der Waals surface area contributed by atoms with Gasteiger partial charge in [-0.2, -0.15) is 0 Å². The van der Waals surface area contributed by atoms with Crippen molar-refractivity contribution in [3.05, 3.63) is 71.3 Å². The highest BCUT2D eigenvalue weighted by atomic mass is 16.7. The van der Waals surface area contributed by atoms with Crippen molar-refractivity contribution in [3.63, 3.8) is 0 Å². The lowest BCUT2D eigenvalue weighted by Crippen LogP contribution is -2.31. The van der Waals surface area contributed by atoms with Gasteiger partial charge in [0.25, 0.3) is 5.79 Å². The molecule has 1 heterocycles. The minimum Gasteiger partial charge on any atom is -0.420 e. The van der Waals surface area contributed by atoms with Crippen molar-refractivity contribution in [3.8, 4) is 12.3 Å². The first-order chi connectivity index (χ1) is 9.78. The molecule has 1 aliphatic heterocycles. The summed E-state index contributed by atoms with van der Waals surface area (Å²) >= 11 is 0. The van der Waals surface area contributed by atoms with E-state index in [4.69, 9.17) is 15.9 Å². The molecule has 0 saturated heterocycles. The summed E-state index contributed by atoms with van der Waals surface area (Å²) in [6.07, 6.45) is 5.28. The summed E-state index contributed by atoms with van der Waals surface area (Å²) in [5, 5.41) is 0. The molecule has 0 amide bonds. The largest absolute Gasteiger partial charge is 0.420 e. The number of carbonyl (C=O) groups is 1. The minimum atomic E-state index is -1.25. The molecule has 3 rings (SSSR count). The molecule has 20 heavy (non-hydrogen) atoms. The summed E-state index contributed by atoms with van der Waals surface area (Å²) in [4.78, 5) is 12.1. The number of hydrogen-bond donors (Lipinski definition) is 0. The van der Waals surface area contributed by atoms with Crippen molar-refractivity contribution in [2.75, 3.05) is 6.61 Å². The van der Waals surface area contributed by atoms with Gasteiger partial charge in [0.1, 0.15) is 6.61 Å². The Bertz CT molecular complexity index is 685. The molecule has 0 spiro atoms. The average molecular weight is 264 g/mol. The molecule has 0 aliphatic carbocycles. The monoisotopic (exact) mass is 264 g/mol. The van der Waals surface area contributed by atoms with Gasteiger partial charge in [-0.25, -0.2) is 4.79 Å². The fraction of sp³-hybridized carbons (Fsp3) is 0.118. The number of benzene rings is 2. The molecule has 3 nitrogen and oxygen atoms in total. The summed E-state index contributed by atoms with van der Waals surface area (Å²) in [5.41, 5.74) is 1.94. The number of ether oxygens (including phenoxy) is 2. The third-order valence-electron chi connectivity index (χ3n) is 3.25. The Balaban J connectivity index is 2.19. The van der Waals surface area contributed by atoms with Crippen LogP contribution in [-0.4, -0.2) is 12.6 Å². The first-order valence-electron chi connectivity index (χ1n) is 6.24. The third-order valence-corrected chi connectivity index (χ3v) is 3.25. The molecule has 0 fully saturated rings. The smallest absolute Gasteiger partial charge is 0.341 e. The van der Waals surface area contributed by atoms with Gasteiger partial charge in [-0.15, -0.1) is 6.42 Å². The van der Waals surface area contributed by atoms with E-state index in [2.05, 4.69) is 5.92 Å². The molecule has 98 valence electrons. The molecule has 0 saturated carbocycles. The highest BCUT2D eigenvalue weighted by molar-refractivity contribution is 5.95. The lowest BCUT2D eigenvalue weighted by atomic mass is 9.95. The fourth-order valence-electron chi connectivity index (χ4n) is 2.39. The molecule has 1 atom stereocenters. The number of esters is 1. The van der Waals surface area contributed by atoms with Crippen LogP contribution in [0.3, 0.4) is 0 Å². The molecular formula is C17H12O3. The molecule has 2 aromatic rings. The van der Waals surface area contributed by atoms with Gasteiger partial charge in [0.15, 0.2) is 0 Å². The van der Waals surface area contributed by atoms with Crippen molar-refractivity contribution in [2.45, 2.75) is 5.79 Å². The van der Waals surface area contributed by atoms with E-state index < -0.39 is 11.8 Å². The fourth-order valence-corrected chi connectivity index (χ4v) is 2.39. The Kier molecular flexibility index (Phi) is 3.02. The van der Waals surface area contributed by atoms with Crippen LogP contribution in [0.1, 0.15) is 21.5 Å². The number of rotatable bonds is 3. The van der Waals surface area contributed by atoms with Crippen molar-refractivity contribution < 1.29 is 14.3 Å². The van der Waals surface area contributed by atoms with E-state index in [1.165, 1.54) is 0 Å². The van der Waals surface area contributed by atoms with Crippen LogP contribution in [0.25, 0.3) is 0 Å². The SMILES string of the molecule is C#CCO[C@@]1(c2ccccc2)OC(=O)c2ccccc21. The zero-order valence-corrected chi connectivity index (χ0v) is 10.7. The van der Waals surface area contributed by atoms with Crippen LogP contribution in [0.4, 0.5) is 0 Å². The Hall–Kier alpha value is -2.57. The first kappa shape index (κ1) is 12.5. The predicted octanol–water partition coefficient (Wildman–Crippen LogP) is 2.71. The summed E-state index contributed by atoms with van der Waals surface area (Å²) in [6.45, 7) is 0.0521. The first-order valence-corrected chi connectivity index (χ1v) is 6.24. The molecule has 0 unspecified atom stereocenters. The van der Waals surface area contributed by atoms with Gasteiger partial charge in [0.05, 0.1) is 5.56 Å². The Morgan fingerprint density at radius 2 is 1.80 bits per heavy atom. The van der Waals surface area contributed by atoms with E-state index in [9.17, 15) is 4.79 Å². The van der Waals surface area contributed by atoms with E-state index in [1.807, 2.05) is 42.5 Å². The quantitative estimate of drug-likeness (QED) is 0.631. The van der Waals surface area contributed by atoms with Gasteiger partial charge in [0.2, 0.25) is 0 Å². The molecule has 0 radical (unpaired) electrons. The number of cyclic esters (lactones) is 1. The summed E-state index contributed by atoms with van der Waals surface area (Å²) in [7, 11) is 0. The van der Waals surface area contributed by atoms with Gasteiger partial charge in [-0.3, -0.25) is 0 Å². The van der Waals surface area contributed by atoms with E-state index in [0.29, 0.717) is 11.1 Å². The summed E-state index contributed by atoms with van der Waals surface area (Å²) in [5.74, 6) is 0.771. The molecule has 0 bridgehead atoms. The number of fused-ring (bicyclic) bond motifs is 1. The zero-order valence-electron chi connectivity index (χ0n) is 10.7. The summed E-state index contributed by atoms with van der Waals surface area (Å²) in [6, 6.07) is 16.5. The second-order valence-electron chi connectivity index (χ2n) is 4.41. The molecular weight excluding hydrogens is 252 g/mol. The van der Waals surface area contributed by atoms with Crippen LogP contribution in [-0.2, 0) is 15.3 Å². The van der Waals surface area contributed by atoms with Gasteiger partial charge in [-0.1, -0.05) is 54.5 Å². The maximum atomic E-state index is 12.1. The van der Waals surface area contributed by atoms with Gasteiger partial charge < -0.3 is 9.47 Å². The van der Waals surface area contributed by atoms with Gasteiger partial charge in [0, 0.05) is 11.1 Å². The Morgan fingerprint density at radius 1 is 1.10 bits per heavy atom. The van der Waals surface area contributed by atoms with Crippen molar-refractivity contribution >= 4 is 5.97 Å². The van der Waals surface area contributed by atoms with Gasteiger partial charge >= 0.3 is 5.97 Å². The molecule has 3 heteroatoms. The molecule has 2 aromatic carbocycles.